The van der Waals surface area contributed by atoms with Gasteiger partial charge in [-0.25, -0.2) is 0 Å². The highest BCUT2D eigenvalue weighted by Crippen LogP contribution is 2.16. The fraction of sp³-hybridized carbons (Fsp3) is 0.783. The molecule has 0 amide bonds. The van der Waals surface area contributed by atoms with Crippen molar-refractivity contribution in [2.24, 2.45) is 0 Å². The number of rotatable bonds is 51. The molecule has 6 heteroatoms. The van der Waals surface area contributed by atoms with Crippen LogP contribution in [0.15, 0.2) is 60.8 Å². The zero-order valence-corrected chi connectivity index (χ0v) is 43.7. The molecule has 0 N–H and O–H groups in total. The summed E-state index contributed by atoms with van der Waals surface area (Å²) in [5.74, 6) is -0.898. The van der Waals surface area contributed by atoms with Crippen molar-refractivity contribution in [1.29, 1.82) is 0 Å². The minimum Gasteiger partial charge on any atom is -0.462 e. The van der Waals surface area contributed by atoms with Crippen molar-refractivity contribution in [1.82, 2.24) is 0 Å². The van der Waals surface area contributed by atoms with Crippen LogP contribution in [0.4, 0.5) is 0 Å². The number of allylic oxidation sites excluding steroid dienone is 10. The summed E-state index contributed by atoms with van der Waals surface area (Å²) < 4.78 is 16.8. The standard InChI is InChI=1S/C60H106O6/c1-4-7-10-13-16-19-22-25-27-29-30-32-33-35-38-41-44-47-50-53-59(62)65-56-57(55-64-58(61)52-49-46-43-40-37-24-21-18-15-12-9-6-3)66-60(63)54-51-48-45-42-39-36-34-31-28-26-23-20-17-14-11-8-5-2/h8,11,17,20,25-28,34,36,57H,4-7,9-10,12-16,18-19,21-24,29-33,35,37-56H2,1-3H3/b11-8-,20-17-,27-25-,28-26-,36-34-. The van der Waals surface area contributed by atoms with Gasteiger partial charge in [-0.1, -0.05) is 242 Å². The van der Waals surface area contributed by atoms with E-state index in [-0.39, 0.29) is 31.1 Å². The largest absolute Gasteiger partial charge is 0.462 e. The Morgan fingerprint density at radius 2 is 0.591 bits per heavy atom. The first-order chi connectivity index (χ1) is 32.5. The highest BCUT2D eigenvalue weighted by Gasteiger charge is 2.19. The predicted molar refractivity (Wildman–Crippen MR) is 284 cm³/mol. The molecular weight excluding hydrogens is 817 g/mol. The Labute approximate surface area is 409 Å². The molecule has 0 aromatic rings. The Balaban J connectivity index is 4.37. The van der Waals surface area contributed by atoms with E-state index in [1.807, 2.05) is 0 Å². The summed E-state index contributed by atoms with van der Waals surface area (Å²) >= 11 is 0. The van der Waals surface area contributed by atoms with E-state index in [1.54, 1.807) is 0 Å². The monoisotopic (exact) mass is 923 g/mol. The summed E-state index contributed by atoms with van der Waals surface area (Å²) in [6, 6.07) is 0. The van der Waals surface area contributed by atoms with Gasteiger partial charge in [0.2, 0.25) is 0 Å². The van der Waals surface area contributed by atoms with E-state index in [1.165, 1.54) is 148 Å². The van der Waals surface area contributed by atoms with Gasteiger partial charge < -0.3 is 14.2 Å². The average Bonchev–Trinajstić information content (AvgIpc) is 3.31. The van der Waals surface area contributed by atoms with Gasteiger partial charge in [0, 0.05) is 19.3 Å². The lowest BCUT2D eigenvalue weighted by Crippen LogP contribution is -2.30. The Hall–Kier alpha value is -2.89. The molecule has 0 saturated carbocycles. The van der Waals surface area contributed by atoms with E-state index in [0.29, 0.717) is 19.3 Å². The van der Waals surface area contributed by atoms with Crippen LogP contribution >= 0.6 is 0 Å². The maximum absolute atomic E-state index is 12.8. The van der Waals surface area contributed by atoms with Gasteiger partial charge in [0.25, 0.3) is 0 Å². The minimum absolute atomic E-state index is 0.0824. The lowest BCUT2D eigenvalue weighted by molar-refractivity contribution is -0.167. The zero-order valence-electron chi connectivity index (χ0n) is 43.7. The lowest BCUT2D eigenvalue weighted by Gasteiger charge is -2.18. The van der Waals surface area contributed by atoms with Crippen molar-refractivity contribution in [3.63, 3.8) is 0 Å². The van der Waals surface area contributed by atoms with E-state index >= 15 is 0 Å². The van der Waals surface area contributed by atoms with Crippen LogP contribution in [-0.2, 0) is 28.6 Å². The number of hydrogen-bond donors (Lipinski definition) is 0. The van der Waals surface area contributed by atoms with Crippen LogP contribution in [0.2, 0.25) is 0 Å². The summed E-state index contributed by atoms with van der Waals surface area (Å²) in [6.45, 7) is 6.52. The summed E-state index contributed by atoms with van der Waals surface area (Å²) in [5, 5.41) is 0. The third-order valence-electron chi connectivity index (χ3n) is 12.3. The van der Waals surface area contributed by atoms with E-state index < -0.39 is 6.10 Å². The smallest absolute Gasteiger partial charge is 0.306 e. The molecule has 382 valence electrons. The number of esters is 3. The average molecular weight is 924 g/mol. The zero-order chi connectivity index (χ0) is 47.9. The second-order valence-corrected chi connectivity index (χ2v) is 18.8. The molecule has 0 aromatic carbocycles. The van der Waals surface area contributed by atoms with Crippen LogP contribution in [0.5, 0.6) is 0 Å². The maximum Gasteiger partial charge on any atom is 0.306 e. The van der Waals surface area contributed by atoms with Gasteiger partial charge in [0.05, 0.1) is 0 Å². The number of carbonyl (C=O) groups is 3. The number of carbonyl (C=O) groups excluding carboxylic acids is 3. The first kappa shape index (κ1) is 63.1. The van der Waals surface area contributed by atoms with Gasteiger partial charge in [-0.2, -0.15) is 0 Å². The van der Waals surface area contributed by atoms with Crippen molar-refractivity contribution >= 4 is 17.9 Å². The molecule has 6 nitrogen and oxygen atoms in total. The summed E-state index contributed by atoms with van der Waals surface area (Å²) in [5.41, 5.74) is 0. The van der Waals surface area contributed by atoms with Gasteiger partial charge in [-0.3, -0.25) is 14.4 Å². The number of hydrogen-bond acceptors (Lipinski definition) is 6. The summed E-state index contributed by atoms with van der Waals surface area (Å²) in [7, 11) is 0. The molecule has 66 heavy (non-hydrogen) atoms. The topological polar surface area (TPSA) is 78.9 Å². The molecule has 0 heterocycles. The third kappa shape index (κ3) is 52.1. The molecule has 0 radical (unpaired) electrons. The van der Waals surface area contributed by atoms with Crippen molar-refractivity contribution < 1.29 is 28.6 Å². The Kier molecular flexibility index (Phi) is 52.3. The molecule has 0 saturated heterocycles. The van der Waals surface area contributed by atoms with Crippen LogP contribution in [0.25, 0.3) is 0 Å². The van der Waals surface area contributed by atoms with Gasteiger partial charge in [0.15, 0.2) is 6.10 Å². The van der Waals surface area contributed by atoms with Crippen molar-refractivity contribution in [3.05, 3.63) is 60.8 Å². The van der Waals surface area contributed by atoms with Gasteiger partial charge in [-0.05, 0) is 83.5 Å². The quantitative estimate of drug-likeness (QED) is 0.0262. The minimum atomic E-state index is -0.786. The van der Waals surface area contributed by atoms with E-state index in [2.05, 4.69) is 81.5 Å². The summed E-state index contributed by atoms with van der Waals surface area (Å²) in [6.07, 6.45) is 67.8. The molecule has 1 unspecified atom stereocenters. The van der Waals surface area contributed by atoms with Crippen LogP contribution in [-0.4, -0.2) is 37.2 Å². The predicted octanol–water partition coefficient (Wildman–Crippen LogP) is 18.8. The highest BCUT2D eigenvalue weighted by molar-refractivity contribution is 5.71. The van der Waals surface area contributed by atoms with Crippen molar-refractivity contribution in [2.75, 3.05) is 13.2 Å². The second kappa shape index (κ2) is 54.7. The second-order valence-electron chi connectivity index (χ2n) is 18.8. The lowest BCUT2D eigenvalue weighted by atomic mass is 10.0. The molecule has 0 aliphatic carbocycles. The molecule has 0 fully saturated rings. The first-order valence-electron chi connectivity index (χ1n) is 28.3. The van der Waals surface area contributed by atoms with Gasteiger partial charge in [0.1, 0.15) is 13.2 Å². The Morgan fingerprint density at radius 3 is 0.939 bits per heavy atom. The fourth-order valence-electron chi connectivity index (χ4n) is 8.02. The highest BCUT2D eigenvalue weighted by atomic mass is 16.6. The Bertz CT molecular complexity index is 1200. The molecule has 0 spiro atoms. The van der Waals surface area contributed by atoms with Crippen LogP contribution < -0.4 is 0 Å². The molecule has 0 aliphatic heterocycles. The first-order valence-corrected chi connectivity index (χ1v) is 28.3. The van der Waals surface area contributed by atoms with E-state index in [9.17, 15) is 14.4 Å². The molecular formula is C60H106O6. The third-order valence-corrected chi connectivity index (χ3v) is 12.3. The fourth-order valence-corrected chi connectivity index (χ4v) is 8.02. The Morgan fingerprint density at radius 1 is 0.318 bits per heavy atom. The van der Waals surface area contributed by atoms with E-state index in [4.69, 9.17) is 14.2 Å². The number of ether oxygens (including phenoxy) is 3. The maximum atomic E-state index is 12.8. The molecule has 1 atom stereocenters. The van der Waals surface area contributed by atoms with Crippen molar-refractivity contribution in [2.45, 2.75) is 290 Å². The van der Waals surface area contributed by atoms with Crippen LogP contribution in [0, 0.1) is 0 Å². The SMILES string of the molecule is CC/C=C\C/C=C\C/C=C\C/C=C\CCCCCCC(=O)OC(COC(=O)CCCCCCCCCCC/C=C\CCCCCCCC)COC(=O)CCCCCCCCCCCCCC. The van der Waals surface area contributed by atoms with Gasteiger partial charge in [-0.15, -0.1) is 0 Å². The van der Waals surface area contributed by atoms with Crippen LogP contribution in [0.1, 0.15) is 284 Å². The molecule has 0 aliphatic rings. The van der Waals surface area contributed by atoms with Crippen LogP contribution in [0.3, 0.4) is 0 Å². The molecule has 0 rings (SSSR count). The normalized spacial score (nSPS) is 12.5. The molecule has 0 bridgehead atoms. The summed E-state index contributed by atoms with van der Waals surface area (Å²) in [4.78, 5) is 38.1. The number of unbranched alkanes of at least 4 members (excludes halogenated alkanes) is 30. The van der Waals surface area contributed by atoms with Crippen molar-refractivity contribution in [3.8, 4) is 0 Å². The molecule has 0 aromatic heterocycles. The van der Waals surface area contributed by atoms with Gasteiger partial charge >= 0.3 is 17.9 Å². The van der Waals surface area contributed by atoms with E-state index in [0.717, 1.165) is 96.3 Å².